The van der Waals surface area contributed by atoms with E-state index in [4.69, 9.17) is 0 Å². The summed E-state index contributed by atoms with van der Waals surface area (Å²) in [6.45, 7) is 18.3. The average molecular weight is 286 g/mol. The molecule has 0 spiro atoms. The van der Waals surface area contributed by atoms with Gasteiger partial charge >= 0.3 is 0 Å². The first-order valence-corrected chi connectivity index (χ1v) is 8.01. The average Bonchev–Trinajstić information content (AvgIpc) is 2.49. The van der Waals surface area contributed by atoms with E-state index in [2.05, 4.69) is 0 Å². The second-order valence-electron chi connectivity index (χ2n) is 4.96. The molecule has 1 rings (SSSR count). The second kappa shape index (κ2) is 11.7. The highest BCUT2D eigenvalue weighted by molar-refractivity contribution is 5.80. The lowest BCUT2D eigenvalue weighted by Crippen LogP contribution is -2.52. The minimum atomic E-state index is 0.0485. The lowest BCUT2D eigenvalue weighted by Gasteiger charge is -2.36. The van der Waals surface area contributed by atoms with Gasteiger partial charge in [-0.1, -0.05) is 55.4 Å². The molecule has 0 radical (unpaired) electrons. The van der Waals surface area contributed by atoms with E-state index in [-0.39, 0.29) is 23.7 Å². The van der Waals surface area contributed by atoms with Gasteiger partial charge in [-0.25, -0.2) is 0 Å². The highest BCUT2D eigenvalue weighted by atomic mass is 16.2. The number of hydrogen-bond donors (Lipinski definition) is 0. The Balaban J connectivity index is 0. The summed E-state index contributed by atoms with van der Waals surface area (Å²) in [4.78, 5) is 27.2. The van der Waals surface area contributed by atoms with Crippen LogP contribution in [0, 0.1) is 11.8 Å². The summed E-state index contributed by atoms with van der Waals surface area (Å²) in [6.07, 6.45) is 0. The molecule has 0 atom stereocenters. The molecule has 0 unspecified atom stereocenters. The molecule has 4 nitrogen and oxygen atoms in total. The molecule has 0 N–H and O–H groups in total. The van der Waals surface area contributed by atoms with E-state index in [9.17, 15) is 9.59 Å². The van der Waals surface area contributed by atoms with E-state index in [1.165, 1.54) is 0 Å². The van der Waals surface area contributed by atoms with Crippen LogP contribution >= 0.6 is 0 Å². The fourth-order valence-corrected chi connectivity index (χ4v) is 1.88. The van der Waals surface area contributed by atoms with Gasteiger partial charge < -0.3 is 9.80 Å². The van der Waals surface area contributed by atoms with E-state index in [1.54, 1.807) is 0 Å². The zero-order chi connectivity index (χ0) is 16.3. The van der Waals surface area contributed by atoms with Crippen LogP contribution in [0.3, 0.4) is 0 Å². The Labute approximate surface area is 125 Å². The normalized spacial score (nSPS) is 14.3. The molecule has 4 heteroatoms. The molecule has 1 aliphatic heterocycles. The Bertz CT molecular complexity index is 240. The van der Waals surface area contributed by atoms with E-state index < -0.39 is 0 Å². The van der Waals surface area contributed by atoms with Gasteiger partial charge in [0.2, 0.25) is 11.8 Å². The van der Waals surface area contributed by atoms with Gasteiger partial charge in [-0.15, -0.1) is 0 Å². The summed E-state index contributed by atoms with van der Waals surface area (Å²) in [6, 6.07) is 0. The summed E-state index contributed by atoms with van der Waals surface area (Å²) in [7, 11) is 0. The first kappa shape index (κ1) is 21.2. The third kappa shape index (κ3) is 6.92. The number of rotatable bonds is 2. The maximum atomic E-state index is 11.7. The lowest BCUT2D eigenvalue weighted by atomic mass is 10.1. The van der Waals surface area contributed by atoms with Gasteiger partial charge in [0.05, 0.1) is 0 Å². The van der Waals surface area contributed by atoms with Gasteiger partial charge in [0.1, 0.15) is 0 Å². The Morgan fingerprint density at radius 3 is 1.00 bits per heavy atom. The van der Waals surface area contributed by atoms with Crippen LogP contribution in [0.4, 0.5) is 0 Å². The molecule has 120 valence electrons. The molecular formula is C16H34N2O2. The molecular weight excluding hydrogens is 252 g/mol. The van der Waals surface area contributed by atoms with Gasteiger partial charge in [0, 0.05) is 38.0 Å². The molecule has 1 heterocycles. The van der Waals surface area contributed by atoms with Crippen LogP contribution in [0.5, 0.6) is 0 Å². The van der Waals surface area contributed by atoms with Gasteiger partial charge in [-0.3, -0.25) is 9.59 Å². The largest absolute Gasteiger partial charge is 0.339 e. The Morgan fingerprint density at radius 1 is 0.650 bits per heavy atom. The molecule has 2 amide bonds. The van der Waals surface area contributed by atoms with Crippen molar-refractivity contribution in [2.45, 2.75) is 55.4 Å². The van der Waals surface area contributed by atoms with Crippen molar-refractivity contribution in [3.05, 3.63) is 0 Å². The van der Waals surface area contributed by atoms with E-state index in [0.29, 0.717) is 26.2 Å². The van der Waals surface area contributed by atoms with E-state index in [0.717, 1.165) is 0 Å². The molecule has 1 saturated heterocycles. The van der Waals surface area contributed by atoms with Crippen LogP contribution in [-0.2, 0) is 9.59 Å². The Hall–Kier alpha value is -1.06. The van der Waals surface area contributed by atoms with Gasteiger partial charge in [0.25, 0.3) is 0 Å². The predicted octanol–water partition coefficient (Wildman–Crippen LogP) is 3.02. The Morgan fingerprint density at radius 2 is 0.850 bits per heavy atom. The predicted molar refractivity (Wildman–Crippen MR) is 85.5 cm³/mol. The van der Waals surface area contributed by atoms with Crippen molar-refractivity contribution in [3.63, 3.8) is 0 Å². The zero-order valence-electron chi connectivity index (χ0n) is 14.7. The maximum Gasteiger partial charge on any atom is 0.225 e. The second-order valence-corrected chi connectivity index (χ2v) is 4.96. The summed E-state index contributed by atoms with van der Waals surface area (Å²) in [5, 5.41) is 0. The van der Waals surface area contributed by atoms with Crippen molar-refractivity contribution in [1.82, 2.24) is 9.80 Å². The molecule has 0 aliphatic carbocycles. The Kier molecular flexibility index (Phi) is 12.5. The highest BCUT2D eigenvalue weighted by Gasteiger charge is 2.26. The molecule has 0 aromatic rings. The summed E-state index contributed by atoms with van der Waals surface area (Å²) >= 11 is 0. The number of amides is 2. The van der Waals surface area contributed by atoms with Crippen molar-refractivity contribution in [2.24, 2.45) is 11.8 Å². The van der Waals surface area contributed by atoms with Crippen molar-refractivity contribution in [1.29, 1.82) is 0 Å². The first-order valence-electron chi connectivity index (χ1n) is 8.01. The van der Waals surface area contributed by atoms with E-state index >= 15 is 0 Å². The number of hydrogen-bond acceptors (Lipinski definition) is 2. The van der Waals surface area contributed by atoms with Crippen LogP contribution in [0.1, 0.15) is 55.4 Å². The van der Waals surface area contributed by atoms with Gasteiger partial charge in [-0.05, 0) is 0 Å². The molecule has 1 aliphatic rings. The standard InChI is InChI=1S/C12H22N2O2.2C2H6/c1-9(2)11(15)13-5-7-14(8-6-13)12(16)10(3)4;2*1-2/h9-10H,5-8H2,1-4H3;2*1-2H3. The SMILES string of the molecule is CC.CC.CC(C)C(=O)N1CCN(C(=O)C(C)C)CC1. The first-order chi connectivity index (χ1) is 9.43. The minimum Gasteiger partial charge on any atom is -0.339 e. The van der Waals surface area contributed by atoms with Crippen LogP contribution in [0.15, 0.2) is 0 Å². The van der Waals surface area contributed by atoms with Crippen LogP contribution in [0.25, 0.3) is 0 Å². The quantitative estimate of drug-likeness (QED) is 0.783. The zero-order valence-corrected chi connectivity index (χ0v) is 14.7. The third-order valence-electron chi connectivity index (χ3n) is 2.89. The van der Waals surface area contributed by atoms with Crippen LogP contribution < -0.4 is 0 Å². The van der Waals surface area contributed by atoms with E-state index in [1.807, 2.05) is 65.2 Å². The third-order valence-corrected chi connectivity index (χ3v) is 2.89. The number of nitrogens with zero attached hydrogens (tertiary/aromatic N) is 2. The molecule has 0 aromatic heterocycles. The van der Waals surface area contributed by atoms with Crippen LogP contribution in [0.2, 0.25) is 0 Å². The lowest BCUT2D eigenvalue weighted by molar-refractivity contribution is -0.142. The fraction of sp³-hybridized carbons (Fsp3) is 0.875. The smallest absolute Gasteiger partial charge is 0.225 e. The highest BCUT2D eigenvalue weighted by Crippen LogP contribution is 2.09. The van der Waals surface area contributed by atoms with Crippen molar-refractivity contribution < 1.29 is 9.59 Å². The summed E-state index contributed by atoms with van der Waals surface area (Å²) in [5.74, 6) is 0.480. The van der Waals surface area contributed by atoms with Crippen molar-refractivity contribution in [2.75, 3.05) is 26.2 Å². The van der Waals surface area contributed by atoms with Gasteiger partial charge in [-0.2, -0.15) is 0 Å². The summed E-state index contributed by atoms with van der Waals surface area (Å²) < 4.78 is 0. The van der Waals surface area contributed by atoms with Gasteiger partial charge in [0.15, 0.2) is 0 Å². The molecule has 20 heavy (non-hydrogen) atoms. The molecule has 1 fully saturated rings. The van der Waals surface area contributed by atoms with Crippen LogP contribution in [-0.4, -0.2) is 47.8 Å². The van der Waals surface area contributed by atoms with Crippen molar-refractivity contribution >= 4 is 11.8 Å². The molecule has 0 saturated carbocycles. The maximum absolute atomic E-state index is 11.7. The molecule has 0 bridgehead atoms. The summed E-state index contributed by atoms with van der Waals surface area (Å²) in [5.41, 5.74) is 0. The number of carbonyl (C=O) groups excluding carboxylic acids is 2. The van der Waals surface area contributed by atoms with Crippen molar-refractivity contribution in [3.8, 4) is 0 Å². The fourth-order valence-electron chi connectivity index (χ4n) is 1.88. The number of carbonyl (C=O) groups is 2. The molecule has 0 aromatic carbocycles. The number of piperazine rings is 1. The monoisotopic (exact) mass is 286 g/mol. The topological polar surface area (TPSA) is 40.6 Å². The minimum absolute atomic E-state index is 0.0485.